The van der Waals surface area contributed by atoms with Crippen LogP contribution in [0.25, 0.3) is 0 Å². The number of nitrogens with one attached hydrogen (secondary N) is 1. The van der Waals surface area contributed by atoms with Crippen LogP contribution in [0.2, 0.25) is 0 Å². The third-order valence-electron chi connectivity index (χ3n) is 2.65. The third kappa shape index (κ3) is 5.92. The molecular weight excluding hydrogens is 245 g/mol. The Labute approximate surface area is 115 Å². The van der Waals surface area contributed by atoms with Crippen molar-refractivity contribution in [2.24, 2.45) is 5.92 Å². The Bertz CT molecular complexity index is 369. The first-order valence-electron chi connectivity index (χ1n) is 6.73. The van der Waals surface area contributed by atoms with Gasteiger partial charge in [-0.3, -0.25) is 4.39 Å². The van der Waals surface area contributed by atoms with Gasteiger partial charge in [0.2, 0.25) is 0 Å². The van der Waals surface area contributed by atoms with Crippen LogP contribution in [0.15, 0.2) is 18.2 Å². The molecule has 0 fully saturated rings. The minimum atomic E-state index is -0.363. The molecule has 0 aliphatic heterocycles. The summed E-state index contributed by atoms with van der Waals surface area (Å²) in [5, 5.41) is 3.38. The van der Waals surface area contributed by atoms with Gasteiger partial charge in [-0.2, -0.15) is 0 Å². The van der Waals surface area contributed by atoms with Gasteiger partial charge < -0.3 is 14.8 Å². The molecule has 0 spiro atoms. The van der Waals surface area contributed by atoms with Gasteiger partial charge in [-0.05, 0) is 30.2 Å². The van der Waals surface area contributed by atoms with Crippen molar-refractivity contribution in [2.75, 3.05) is 26.9 Å². The summed E-state index contributed by atoms with van der Waals surface area (Å²) in [6, 6.07) is 5.84. The lowest BCUT2D eigenvalue weighted by atomic mass is 10.2. The maximum atomic E-state index is 12.1. The van der Waals surface area contributed by atoms with Crippen LogP contribution in [0.1, 0.15) is 25.8 Å². The van der Waals surface area contributed by atoms with E-state index in [1.165, 1.54) is 0 Å². The summed E-state index contributed by atoms with van der Waals surface area (Å²) in [5.74, 6) is 1.99. The van der Waals surface area contributed by atoms with Crippen LogP contribution < -0.4 is 14.8 Å². The molecule has 0 atom stereocenters. The Hall–Kier alpha value is -1.29. The molecule has 0 bridgehead atoms. The van der Waals surface area contributed by atoms with E-state index in [1.807, 2.05) is 18.2 Å². The van der Waals surface area contributed by atoms with Crippen molar-refractivity contribution in [2.45, 2.75) is 26.8 Å². The molecule has 0 heterocycles. The van der Waals surface area contributed by atoms with Gasteiger partial charge in [0.05, 0.1) is 20.4 Å². The van der Waals surface area contributed by atoms with Crippen LogP contribution in [0.4, 0.5) is 4.39 Å². The maximum absolute atomic E-state index is 12.1. The monoisotopic (exact) mass is 269 g/mol. The van der Waals surface area contributed by atoms with Gasteiger partial charge in [-0.25, -0.2) is 0 Å². The predicted molar refractivity (Wildman–Crippen MR) is 75.6 cm³/mol. The summed E-state index contributed by atoms with van der Waals surface area (Å²) in [6.45, 7) is 6.12. The van der Waals surface area contributed by atoms with E-state index < -0.39 is 0 Å². The topological polar surface area (TPSA) is 30.5 Å². The number of rotatable bonds is 9. The first-order chi connectivity index (χ1) is 9.17. The summed E-state index contributed by atoms with van der Waals surface area (Å²) in [6.07, 6.45) is 0.402. The standard InChI is InChI=1S/C15H24FNO2/c1-12(2)10-17-11-13-5-6-14(18-3)15(9-13)19-8-4-7-16/h5-6,9,12,17H,4,7-8,10-11H2,1-3H3. The van der Waals surface area contributed by atoms with E-state index in [2.05, 4.69) is 19.2 Å². The van der Waals surface area contributed by atoms with E-state index >= 15 is 0 Å². The molecule has 4 heteroatoms. The molecule has 0 aromatic heterocycles. The highest BCUT2D eigenvalue weighted by Gasteiger charge is 2.06. The molecule has 0 radical (unpaired) electrons. The van der Waals surface area contributed by atoms with Crippen LogP contribution in [-0.4, -0.2) is 26.9 Å². The van der Waals surface area contributed by atoms with E-state index in [1.54, 1.807) is 7.11 Å². The van der Waals surface area contributed by atoms with Gasteiger partial charge in [0.25, 0.3) is 0 Å². The Morgan fingerprint density at radius 2 is 2.05 bits per heavy atom. The zero-order valence-electron chi connectivity index (χ0n) is 12.0. The SMILES string of the molecule is COc1ccc(CNCC(C)C)cc1OCCCF. The van der Waals surface area contributed by atoms with E-state index in [0.29, 0.717) is 30.4 Å². The van der Waals surface area contributed by atoms with Gasteiger partial charge in [-0.15, -0.1) is 0 Å². The van der Waals surface area contributed by atoms with Crippen molar-refractivity contribution in [3.8, 4) is 11.5 Å². The van der Waals surface area contributed by atoms with Gasteiger partial charge in [0.1, 0.15) is 0 Å². The largest absolute Gasteiger partial charge is 0.493 e. The summed E-state index contributed by atoms with van der Waals surface area (Å²) in [7, 11) is 1.61. The molecule has 1 aromatic carbocycles. The normalized spacial score (nSPS) is 10.8. The predicted octanol–water partition coefficient (Wildman–Crippen LogP) is 3.18. The Morgan fingerprint density at radius 3 is 2.68 bits per heavy atom. The molecule has 0 aliphatic carbocycles. The van der Waals surface area contributed by atoms with Crippen LogP contribution in [0.5, 0.6) is 11.5 Å². The van der Waals surface area contributed by atoms with Gasteiger partial charge in [0.15, 0.2) is 11.5 Å². The lowest BCUT2D eigenvalue weighted by molar-refractivity contribution is 0.273. The molecule has 0 aliphatic rings. The van der Waals surface area contributed by atoms with Crippen LogP contribution in [0.3, 0.4) is 0 Å². The summed E-state index contributed by atoms with van der Waals surface area (Å²) in [5.41, 5.74) is 1.14. The van der Waals surface area contributed by atoms with Crippen molar-refractivity contribution in [3.63, 3.8) is 0 Å². The van der Waals surface area contributed by atoms with E-state index in [4.69, 9.17) is 9.47 Å². The lowest BCUT2D eigenvalue weighted by Crippen LogP contribution is -2.19. The van der Waals surface area contributed by atoms with Crippen LogP contribution in [-0.2, 0) is 6.54 Å². The molecule has 1 N–H and O–H groups in total. The zero-order chi connectivity index (χ0) is 14.1. The zero-order valence-corrected chi connectivity index (χ0v) is 12.0. The second-order valence-electron chi connectivity index (χ2n) is 4.90. The molecule has 0 saturated heterocycles. The van der Waals surface area contributed by atoms with Crippen molar-refractivity contribution < 1.29 is 13.9 Å². The first-order valence-corrected chi connectivity index (χ1v) is 6.73. The highest BCUT2D eigenvalue weighted by Crippen LogP contribution is 2.28. The van der Waals surface area contributed by atoms with E-state index in [0.717, 1.165) is 18.7 Å². The summed E-state index contributed by atoms with van der Waals surface area (Å²) in [4.78, 5) is 0. The number of ether oxygens (including phenoxy) is 2. The molecule has 0 amide bonds. The second kappa shape index (κ2) is 8.75. The number of alkyl halides is 1. The fraction of sp³-hybridized carbons (Fsp3) is 0.600. The quantitative estimate of drug-likeness (QED) is 0.698. The number of hydrogen-bond acceptors (Lipinski definition) is 3. The lowest BCUT2D eigenvalue weighted by Gasteiger charge is -2.13. The molecule has 19 heavy (non-hydrogen) atoms. The molecule has 3 nitrogen and oxygen atoms in total. The van der Waals surface area contributed by atoms with Crippen molar-refractivity contribution in [1.82, 2.24) is 5.32 Å². The summed E-state index contributed by atoms with van der Waals surface area (Å²) < 4.78 is 22.9. The third-order valence-corrected chi connectivity index (χ3v) is 2.65. The molecule has 1 rings (SSSR count). The summed E-state index contributed by atoms with van der Waals surface area (Å²) >= 11 is 0. The average molecular weight is 269 g/mol. The van der Waals surface area contributed by atoms with Crippen LogP contribution in [0, 0.1) is 5.92 Å². The molecule has 0 saturated carbocycles. The van der Waals surface area contributed by atoms with Crippen LogP contribution >= 0.6 is 0 Å². The smallest absolute Gasteiger partial charge is 0.161 e. The fourth-order valence-corrected chi connectivity index (χ4v) is 1.69. The maximum Gasteiger partial charge on any atom is 0.161 e. The van der Waals surface area contributed by atoms with E-state index in [-0.39, 0.29) is 6.67 Å². The van der Waals surface area contributed by atoms with Crippen molar-refractivity contribution in [3.05, 3.63) is 23.8 Å². The van der Waals surface area contributed by atoms with Crippen molar-refractivity contribution in [1.29, 1.82) is 0 Å². The highest BCUT2D eigenvalue weighted by atomic mass is 19.1. The Balaban J connectivity index is 2.60. The molecule has 108 valence electrons. The molecule has 1 aromatic rings. The number of halogens is 1. The molecule has 0 unspecified atom stereocenters. The number of methoxy groups -OCH3 is 1. The van der Waals surface area contributed by atoms with Gasteiger partial charge >= 0.3 is 0 Å². The minimum Gasteiger partial charge on any atom is -0.493 e. The minimum absolute atomic E-state index is 0.363. The van der Waals surface area contributed by atoms with Crippen molar-refractivity contribution >= 4 is 0 Å². The second-order valence-corrected chi connectivity index (χ2v) is 4.90. The van der Waals surface area contributed by atoms with E-state index in [9.17, 15) is 4.39 Å². The highest BCUT2D eigenvalue weighted by molar-refractivity contribution is 5.42. The first kappa shape index (κ1) is 15.8. The number of hydrogen-bond donors (Lipinski definition) is 1. The fourth-order valence-electron chi connectivity index (χ4n) is 1.69. The van der Waals surface area contributed by atoms with Gasteiger partial charge in [-0.1, -0.05) is 19.9 Å². The molecular formula is C15H24FNO2. The Kier molecular flexibility index (Phi) is 7.26. The van der Waals surface area contributed by atoms with Gasteiger partial charge in [0, 0.05) is 13.0 Å². The average Bonchev–Trinajstić information content (AvgIpc) is 2.39. The Morgan fingerprint density at radius 1 is 1.26 bits per heavy atom. The number of benzene rings is 1.